The standard InChI is InChI=1S/C23H30N4O2/c1-17-19-11-8-13-26(15-18-9-4-3-5-10-18)23(19)25-22(24-17)20-12-6-7-14-27(20)21(28)16-29-2/h3-5,9-10,20H,6-8,11-16H2,1-2H3/t20-/m1/s1. The van der Waals surface area contributed by atoms with Gasteiger partial charge in [0.05, 0.1) is 6.04 Å². The van der Waals surface area contributed by atoms with Gasteiger partial charge < -0.3 is 14.5 Å². The highest BCUT2D eigenvalue weighted by molar-refractivity contribution is 5.78. The molecule has 0 spiro atoms. The van der Waals surface area contributed by atoms with Crippen LogP contribution in [0.5, 0.6) is 0 Å². The van der Waals surface area contributed by atoms with E-state index < -0.39 is 0 Å². The summed E-state index contributed by atoms with van der Waals surface area (Å²) in [5.41, 5.74) is 3.58. The van der Waals surface area contributed by atoms with E-state index in [9.17, 15) is 4.79 Å². The van der Waals surface area contributed by atoms with E-state index in [0.29, 0.717) is 0 Å². The largest absolute Gasteiger partial charge is 0.375 e. The molecule has 0 saturated carbocycles. The lowest BCUT2D eigenvalue weighted by atomic mass is 9.99. The van der Waals surface area contributed by atoms with Crippen molar-refractivity contribution in [2.45, 2.75) is 51.6 Å². The molecule has 1 atom stereocenters. The van der Waals surface area contributed by atoms with Crippen molar-refractivity contribution in [3.05, 3.63) is 53.0 Å². The molecule has 6 heteroatoms. The van der Waals surface area contributed by atoms with Crippen LogP contribution in [0.25, 0.3) is 0 Å². The Morgan fingerprint density at radius 1 is 1.14 bits per heavy atom. The van der Waals surface area contributed by atoms with Gasteiger partial charge in [0.15, 0.2) is 5.82 Å². The zero-order valence-electron chi connectivity index (χ0n) is 17.4. The number of carbonyl (C=O) groups excluding carboxylic acids is 1. The number of ether oxygens (including phenoxy) is 1. The van der Waals surface area contributed by atoms with Crippen molar-refractivity contribution in [3.8, 4) is 0 Å². The maximum Gasteiger partial charge on any atom is 0.249 e. The molecular formula is C23H30N4O2. The zero-order valence-corrected chi connectivity index (χ0v) is 17.4. The van der Waals surface area contributed by atoms with Crippen LogP contribution in [0.4, 0.5) is 5.82 Å². The molecule has 3 heterocycles. The maximum atomic E-state index is 12.6. The van der Waals surface area contributed by atoms with Gasteiger partial charge in [-0.2, -0.15) is 0 Å². The number of carbonyl (C=O) groups is 1. The molecule has 0 bridgehead atoms. The molecule has 1 saturated heterocycles. The number of amides is 1. The number of rotatable bonds is 5. The number of aromatic nitrogens is 2. The van der Waals surface area contributed by atoms with Crippen molar-refractivity contribution in [1.82, 2.24) is 14.9 Å². The number of nitrogens with zero attached hydrogens (tertiary/aromatic N) is 4. The quantitative estimate of drug-likeness (QED) is 0.778. The molecule has 0 aliphatic carbocycles. The number of benzene rings is 1. The third-order valence-corrected chi connectivity index (χ3v) is 5.97. The van der Waals surface area contributed by atoms with Crippen molar-refractivity contribution in [2.75, 3.05) is 31.7 Å². The summed E-state index contributed by atoms with van der Waals surface area (Å²) >= 11 is 0. The second-order valence-electron chi connectivity index (χ2n) is 8.01. The van der Waals surface area contributed by atoms with Gasteiger partial charge in [0.1, 0.15) is 12.4 Å². The van der Waals surface area contributed by atoms with Crippen LogP contribution in [-0.4, -0.2) is 47.6 Å². The highest BCUT2D eigenvalue weighted by Crippen LogP contribution is 2.34. The Morgan fingerprint density at radius 2 is 1.97 bits per heavy atom. The number of fused-ring (bicyclic) bond motifs is 1. The average Bonchev–Trinajstić information content (AvgIpc) is 2.75. The van der Waals surface area contributed by atoms with Crippen LogP contribution in [0.1, 0.15) is 54.4 Å². The van der Waals surface area contributed by atoms with Crippen LogP contribution in [0.2, 0.25) is 0 Å². The first kappa shape index (κ1) is 19.8. The summed E-state index contributed by atoms with van der Waals surface area (Å²) in [4.78, 5) is 26.8. The van der Waals surface area contributed by atoms with Gasteiger partial charge in [0.25, 0.3) is 0 Å². The minimum absolute atomic E-state index is 0.0253. The van der Waals surface area contributed by atoms with E-state index >= 15 is 0 Å². The van der Waals surface area contributed by atoms with Gasteiger partial charge in [0, 0.05) is 38.0 Å². The lowest BCUT2D eigenvalue weighted by molar-refractivity contribution is -0.139. The van der Waals surface area contributed by atoms with E-state index in [1.807, 2.05) is 11.0 Å². The third kappa shape index (κ3) is 4.27. The summed E-state index contributed by atoms with van der Waals surface area (Å²) in [6.07, 6.45) is 5.16. The Hall–Kier alpha value is -2.47. The van der Waals surface area contributed by atoms with E-state index in [2.05, 4.69) is 36.1 Å². The van der Waals surface area contributed by atoms with E-state index in [1.165, 1.54) is 11.1 Å². The fourth-order valence-corrected chi connectivity index (χ4v) is 4.52. The molecule has 0 unspecified atom stereocenters. The summed E-state index contributed by atoms with van der Waals surface area (Å²) in [6, 6.07) is 10.5. The molecule has 0 radical (unpaired) electrons. The number of likely N-dealkylation sites (tertiary alicyclic amines) is 1. The smallest absolute Gasteiger partial charge is 0.249 e. The number of anilines is 1. The predicted molar refractivity (Wildman–Crippen MR) is 113 cm³/mol. The van der Waals surface area contributed by atoms with Crippen LogP contribution in [0, 0.1) is 6.92 Å². The number of hydrogen-bond acceptors (Lipinski definition) is 5. The van der Waals surface area contributed by atoms with E-state index in [1.54, 1.807) is 7.11 Å². The molecule has 2 aliphatic rings. The number of hydrogen-bond donors (Lipinski definition) is 0. The summed E-state index contributed by atoms with van der Waals surface area (Å²) in [6.45, 7) is 4.79. The molecule has 154 valence electrons. The highest BCUT2D eigenvalue weighted by Gasteiger charge is 2.32. The Bertz CT molecular complexity index is 855. The first-order valence-corrected chi connectivity index (χ1v) is 10.6. The van der Waals surface area contributed by atoms with Gasteiger partial charge in [-0.15, -0.1) is 0 Å². The maximum absolute atomic E-state index is 12.6. The summed E-state index contributed by atoms with van der Waals surface area (Å²) in [5, 5.41) is 0. The Morgan fingerprint density at radius 3 is 2.76 bits per heavy atom. The molecular weight excluding hydrogens is 364 g/mol. The summed E-state index contributed by atoms with van der Waals surface area (Å²) < 4.78 is 5.10. The Labute approximate surface area is 172 Å². The van der Waals surface area contributed by atoms with Crippen LogP contribution in [0.3, 0.4) is 0 Å². The molecule has 1 amide bonds. The van der Waals surface area contributed by atoms with Gasteiger partial charge >= 0.3 is 0 Å². The van der Waals surface area contributed by atoms with E-state index in [-0.39, 0.29) is 18.6 Å². The lowest BCUT2D eigenvalue weighted by Gasteiger charge is -2.36. The summed E-state index contributed by atoms with van der Waals surface area (Å²) in [7, 11) is 1.57. The van der Waals surface area contributed by atoms with Crippen molar-refractivity contribution >= 4 is 11.7 Å². The zero-order chi connectivity index (χ0) is 20.2. The number of piperidine rings is 1. The number of aryl methyl sites for hydroxylation is 1. The Kier molecular flexibility index (Phi) is 6.09. The van der Waals surface area contributed by atoms with Crippen LogP contribution in [0.15, 0.2) is 30.3 Å². The highest BCUT2D eigenvalue weighted by atomic mass is 16.5. The fourth-order valence-electron chi connectivity index (χ4n) is 4.52. The van der Waals surface area contributed by atoms with Gasteiger partial charge in [-0.1, -0.05) is 30.3 Å². The second kappa shape index (κ2) is 8.91. The SMILES string of the molecule is COCC(=O)N1CCCC[C@@H]1c1nc(C)c2c(n1)N(Cc1ccccc1)CCC2. The second-order valence-corrected chi connectivity index (χ2v) is 8.01. The van der Waals surface area contributed by atoms with Crippen molar-refractivity contribution in [1.29, 1.82) is 0 Å². The first-order valence-electron chi connectivity index (χ1n) is 10.6. The summed E-state index contributed by atoms with van der Waals surface area (Å²) in [5.74, 6) is 1.86. The molecule has 1 aromatic carbocycles. The van der Waals surface area contributed by atoms with Crippen molar-refractivity contribution in [3.63, 3.8) is 0 Å². The molecule has 1 aromatic heterocycles. The molecule has 0 N–H and O–H groups in total. The molecule has 6 nitrogen and oxygen atoms in total. The predicted octanol–water partition coefficient (Wildman–Crippen LogP) is 3.44. The monoisotopic (exact) mass is 394 g/mol. The third-order valence-electron chi connectivity index (χ3n) is 5.97. The molecule has 1 fully saturated rings. The topological polar surface area (TPSA) is 58.6 Å². The lowest BCUT2D eigenvalue weighted by Crippen LogP contribution is -2.41. The van der Waals surface area contributed by atoms with Crippen molar-refractivity contribution in [2.24, 2.45) is 0 Å². The molecule has 2 aliphatic heterocycles. The molecule has 4 rings (SSSR count). The molecule has 2 aromatic rings. The average molecular weight is 395 g/mol. The molecule has 29 heavy (non-hydrogen) atoms. The Balaban J connectivity index is 1.66. The minimum Gasteiger partial charge on any atom is -0.375 e. The van der Waals surface area contributed by atoms with E-state index in [0.717, 1.165) is 69.1 Å². The minimum atomic E-state index is -0.0594. The van der Waals surface area contributed by atoms with Crippen LogP contribution in [-0.2, 0) is 22.5 Å². The first-order chi connectivity index (χ1) is 14.2. The van der Waals surface area contributed by atoms with Gasteiger partial charge in [-0.25, -0.2) is 9.97 Å². The van der Waals surface area contributed by atoms with Gasteiger partial charge in [0.2, 0.25) is 5.91 Å². The number of methoxy groups -OCH3 is 1. The van der Waals surface area contributed by atoms with Gasteiger partial charge in [-0.05, 0) is 44.6 Å². The normalized spacial score (nSPS) is 19.2. The van der Waals surface area contributed by atoms with E-state index in [4.69, 9.17) is 14.7 Å². The fraction of sp³-hybridized carbons (Fsp3) is 0.522. The van der Waals surface area contributed by atoms with Gasteiger partial charge in [-0.3, -0.25) is 4.79 Å². The van der Waals surface area contributed by atoms with Crippen molar-refractivity contribution < 1.29 is 9.53 Å². The van der Waals surface area contributed by atoms with Crippen LogP contribution >= 0.6 is 0 Å². The van der Waals surface area contributed by atoms with Crippen LogP contribution < -0.4 is 4.90 Å².